The average molecular weight is 364 g/mol. The lowest BCUT2D eigenvalue weighted by molar-refractivity contribution is -0.117. The van der Waals surface area contributed by atoms with Crippen LogP contribution in [0.2, 0.25) is 0 Å². The second-order valence-corrected chi connectivity index (χ2v) is 6.57. The SMILES string of the molecule is O=C(/C=C\c1ccc2c(c1)OCCO2)Nc1cccc(NC(=O)C2CC2)c1. The fourth-order valence-electron chi connectivity index (χ4n) is 2.78. The number of amides is 2. The predicted molar refractivity (Wildman–Crippen MR) is 103 cm³/mol. The number of fused-ring (bicyclic) bond motifs is 1. The standard InChI is InChI=1S/C21H20N2O4/c24-20(9-5-14-4-8-18-19(12-14)27-11-10-26-18)22-16-2-1-3-17(13-16)23-21(25)15-6-7-15/h1-5,8-9,12-13,15H,6-7,10-11H2,(H,22,24)(H,23,25)/b9-5-. The summed E-state index contributed by atoms with van der Waals surface area (Å²) in [6, 6.07) is 12.7. The molecule has 1 saturated carbocycles. The van der Waals surface area contributed by atoms with Gasteiger partial charge in [-0.05, 0) is 54.8 Å². The number of rotatable bonds is 5. The first-order valence-corrected chi connectivity index (χ1v) is 8.97. The Bertz CT molecular complexity index is 903. The van der Waals surface area contributed by atoms with Crippen LogP contribution in [0.5, 0.6) is 11.5 Å². The molecule has 0 bridgehead atoms. The van der Waals surface area contributed by atoms with Crippen LogP contribution in [0.25, 0.3) is 6.08 Å². The van der Waals surface area contributed by atoms with Crippen molar-refractivity contribution in [1.29, 1.82) is 0 Å². The molecule has 6 nitrogen and oxygen atoms in total. The summed E-state index contributed by atoms with van der Waals surface area (Å²) in [4.78, 5) is 24.0. The van der Waals surface area contributed by atoms with E-state index < -0.39 is 0 Å². The van der Waals surface area contributed by atoms with Gasteiger partial charge >= 0.3 is 0 Å². The smallest absolute Gasteiger partial charge is 0.248 e. The third-order valence-electron chi connectivity index (χ3n) is 4.34. The highest BCUT2D eigenvalue weighted by molar-refractivity contribution is 6.02. The van der Waals surface area contributed by atoms with Crippen molar-refractivity contribution in [3.05, 3.63) is 54.1 Å². The van der Waals surface area contributed by atoms with Gasteiger partial charge in [0.2, 0.25) is 11.8 Å². The van der Waals surface area contributed by atoms with Crippen LogP contribution >= 0.6 is 0 Å². The van der Waals surface area contributed by atoms with Crippen LogP contribution in [0, 0.1) is 5.92 Å². The fourth-order valence-corrected chi connectivity index (χ4v) is 2.78. The van der Waals surface area contributed by atoms with Crippen LogP contribution in [-0.4, -0.2) is 25.0 Å². The molecule has 0 unspecified atom stereocenters. The topological polar surface area (TPSA) is 76.7 Å². The fraction of sp³-hybridized carbons (Fsp3) is 0.238. The molecule has 4 rings (SSSR count). The number of benzene rings is 2. The van der Waals surface area contributed by atoms with Gasteiger partial charge in [-0.1, -0.05) is 12.1 Å². The van der Waals surface area contributed by atoms with Gasteiger partial charge in [0.1, 0.15) is 13.2 Å². The van der Waals surface area contributed by atoms with Crippen LogP contribution in [-0.2, 0) is 9.59 Å². The van der Waals surface area contributed by atoms with Crippen LogP contribution < -0.4 is 20.1 Å². The van der Waals surface area contributed by atoms with Gasteiger partial charge in [-0.15, -0.1) is 0 Å². The second-order valence-electron chi connectivity index (χ2n) is 6.57. The van der Waals surface area contributed by atoms with E-state index in [1.54, 1.807) is 30.3 Å². The molecule has 138 valence electrons. The summed E-state index contributed by atoms with van der Waals surface area (Å²) in [5.41, 5.74) is 2.15. The summed E-state index contributed by atoms with van der Waals surface area (Å²) in [5, 5.41) is 5.67. The Hall–Kier alpha value is -3.28. The van der Waals surface area contributed by atoms with Gasteiger partial charge in [0.25, 0.3) is 0 Å². The van der Waals surface area contributed by atoms with Gasteiger partial charge in [-0.25, -0.2) is 0 Å². The quantitative estimate of drug-likeness (QED) is 0.797. The summed E-state index contributed by atoms with van der Waals surface area (Å²) in [7, 11) is 0. The normalized spacial score (nSPS) is 15.4. The lowest BCUT2D eigenvalue weighted by Crippen LogP contribution is -2.15. The highest BCUT2D eigenvalue weighted by Gasteiger charge is 2.29. The molecular formula is C21H20N2O4. The molecular weight excluding hydrogens is 344 g/mol. The molecule has 6 heteroatoms. The molecule has 0 aromatic heterocycles. The predicted octanol–water partition coefficient (Wildman–Crippen LogP) is 3.46. The Kier molecular flexibility index (Phi) is 4.78. The maximum absolute atomic E-state index is 12.2. The zero-order chi connectivity index (χ0) is 18.6. The number of carbonyl (C=O) groups is 2. The number of hydrogen-bond acceptors (Lipinski definition) is 4. The maximum Gasteiger partial charge on any atom is 0.248 e. The zero-order valence-electron chi connectivity index (χ0n) is 14.7. The van der Waals surface area contributed by atoms with E-state index in [9.17, 15) is 9.59 Å². The summed E-state index contributed by atoms with van der Waals surface area (Å²) >= 11 is 0. The molecule has 2 aromatic carbocycles. The summed E-state index contributed by atoms with van der Waals surface area (Å²) in [6.45, 7) is 1.07. The monoisotopic (exact) mass is 364 g/mol. The van der Waals surface area contributed by atoms with E-state index in [1.165, 1.54) is 6.08 Å². The lowest BCUT2D eigenvalue weighted by Gasteiger charge is -2.18. The van der Waals surface area contributed by atoms with Crippen molar-refractivity contribution in [3.63, 3.8) is 0 Å². The average Bonchev–Trinajstić information content (AvgIpc) is 3.52. The van der Waals surface area contributed by atoms with Crippen molar-refractivity contribution in [3.8, 4) is 11.5 Å². The minimum absolute atomic E-state index is 0.0389. The Morgan fingerprint density at radius 3 is 2.44 bits per heavy atom. The molecule has 1 heterocycles. The van der Waals surface area contributed by atoms with E-state index in [2.05, 4.69) is 10.6 Å². The molecule has 0 saturated heterocycles. The number of anilines is 2. The molecule has 0 radical (unpaired) electrons. The van der Waals surface area contributed by atoms with Crippen molar-refractivity contribution in [2.75, 3.05) is 23.8 Å². The summed E-state index contributed by atoms with van der Waals surface area (Å²) in [6.07, 6.45) is 5.08. The van der Waals surface area contributed by atoms with Crippen molar-refractivity contribution >= 4 is 29.3 Å². The number of carbonyl (C=O) groups excluding carboxylic acids is 2. The number of nitrogens with one attached hydrogen (secondary N) is 2. The van der Waals surface area contributed by atoms with Crippen LogP contribution in [0.4, 0.5) is 11.4 Å². The van der Waals surface area contributed by atoms with E-state index in [0.29, 0.717) is 36.1 Å². The van der Waals surface area contributed by atoms with Crippen molar-refractivity contribution < 1.29 is 19.1 Å². The van der Waals surface area contributed by atoms with Gasteiger partial charge in [-0.3, -0.25) is 9.59 Å². The Balaban J connectivity index is 1.37. The van der Waals surface area contributed by atoms with Crippen molar-refractivity contribution in [1.82, 2.24) is 0 Å². The van der Waals surface area contributed by atoms with Gasteiger partial charge in [0.05, 0.1) is 0 Å². The maximum atomic E-state index is 12.2. The van der Waals surface area contributed by atoms with Crippen LogP contribution in [0.15, 0.2) is 48.5 Å². The first kappa shape index (κ1) is 17.1. The van der Waals surface area contributed by atoms with Crippen molar-refractivity contribution in [2.45, 2.75) is 12.8 Å². The minimum Gasteiger partial charge on any atom is -0.486 e. The Morgan fingerprint density at radius 2 is 1.67 bits per heavy atom. The third-order valence-corrected chi connectivity index (χ3v) is 4.34. The minimum atomic E-state index is -0.254. The molecule has 1 fully saturated rings. The van der Waals surface area contributed by atoms with Gasteiger partial charge in [0, 0.05) is 23.4 Å². The van der Waals surface area contributed by atoms with Crippen LogP contribution in [0.3, 0.4) is 0 Å². The first-order valence-electron chi connectivity index (χ1n) is 8.97. The number of hydrogen-bond donors (Lipinski definition) is 2. The highest BCUT2D eigenvalue weighted by atomic mass is 16.6. The molecule has 0 atom stereocenters. The third kappa shape index (κ3) is 4.47. The van der Waals surface area contributed by atoms with E-state index in [0.717, 1.165) is 18.4 Å². The molecule has 1 aliphatic heterocycles. The van der Waals surface area contributed by atoms with E-state index in [4.69, 9.17) is 9.47 Å². The number of ether oxygens (including phenoxy) is 2. The lowest BCUT2D eigenvalue weighted by atomic mass is 10.2. The molecule has 0 spiro atoms. The molecule has 2 aliphatic rings. The highest BCUT2D eigenvalue weighted by Crippen LogP contribution is 2.31. The molecule has 2 N–H and O–H groups in total. The Labute approximate surface area is 157 Å². The molecule has 27 heavy (non-hydrogen) atoms. The Morgan fingerprint density at radius 1 is 0.926 bits per heavy atom. The zero-order valence-corrected chi connectivity index (χ0v) is 14.7. The van der Waals surface area contributed by atoms with Gasteiger partial charge in [-0.2, -0.15) is 0 Å². The van der Waals surface area contributed by atoms with Gasteiger partial charge in [0.15, 0.2) is 11.5 Å². The molecule has 1 aliphatic carbocycles. The van der Waals surface area contributed by atoms with Crippen LogP contribution in [0.1, 0.15) is 18.4 Å². The van der Waals surface area contributed by atoms with Gasteiger partial charge < -0.3 is 20.1 Å². The largest absolute Gasteiger partial charge is 0.486 e. The van der Waals surface area contributed by atoms with E-state index in [-0.39, 0.29) is 17.7 Å². The van der Waals surface area contributed by atoms with Crippen molar-refractivity contribution in [2.24, 2.45) is 5.92 Å². The van der Waals surface area contributed by atoms with E-state index in [1.807, 2.05) is 18.2 Å². The molecule has 2 amide bonds. The first-order chi connectivity index (χ1) is 13.2. The molecule has 2 aromatic rings. The second kappa shape index (κ2) is 7.53. The van der Waals surface area contributed by atoms with E-state index >= 15 is 0 Å². The summed E-state index contributed by atoms with van der Waals surface area (Å²) in [5.74, 6) is 1.32. The summed E-state index contributed by atoms with van der Waals surface area (Å²) < 4.78 is 11.0.